The van der Waals surface area contributed by atoms with Gasteiger partial charge in [0, 0.05) is 0 Å². The van der Waals surface area contributed by atoms with Crippen molar-refractivity contribution in [2.24, 2.45) is 29.2 Å². The molecule has 0 radical (unpaired) electrons. The molecule has 3 atom stereocenters. The maximum absolute atomic E-state index is 5.68. The van der Waals surface area contributed by atoms with Gasteiger partial charge in [0.05, 0.1) is 0 Å². The highest BCUT2D eigenvalue weighted by Gasteiger charge is 2.26. The first kappa shape index (κ1) is 9.01. The topological polar surface area (TPSA) is 52.0 Å². The summed E-state index contributed by atoms with van der Waals surface area (Å²) in [7, 11) is 0. The van der Waals surface area contributed by atoms with Crippen LogP contribution in [-0.2, 0) is 0 Å². The van der Waals surface area contributed by atoms with Gasteiger partial charge in [-0.25, -0.2) is 0 Å². The molecule has 0 aromatic heterocycles. The number of nitrogens with two attached hydrogens (primary N) is 2. The first-order chi connectivity index (χ1) is 5.27. The second-order valence-corrected chi connectivity index (χ2v) is 3.91. The van der Waals surface area contributed by atoms with Crippen LogP contribution in [0.2, 0.25) is 0 Å². The summed E-state index contributed by atoms with van der Waals surface area (Å²) >= 11 is 0. The minimum atomic E-state index is 0.698. The summed E-state index contributed by atoms with van der Waals surface area (Å²) in [6, 6.07) is 0. The summed E-state index contributed by atoms with van der Waals surface area (Å²) in [4.78, 5) is 0. The smallest absolute Gasteiger partial charge is 0.00456 e. The molecular formula is C9H20N2. The first-order valence-corrected chi connectivity index (χ1v) is 4.68. The van der Waals surface area contributed by atoms with E-state index in [9.17, 15) is 0 Å². The quantitative estimate of drug-likeness (QED) is 0.625. The van der Waals surface area contributed by atoms with Crippen LogP contribution < -0.4 is 11.5 Å². The summed E-state index contributed by atoms with van der Waals surface area (Å²) in [5, 5.41) is 0. The van der Waals surface area contributed by atoms with Gasteiger partial charge in [-0.2, -0.15) is 0 Å². The first-order valence-electron chi connectivity index (χ1n) is 4.68. The molecule has 2 heteroatoms. The van der Waals surface area contributed by atoms with Crippen LogP contribution >= 0.6 is 0 Å². The molecular weight excluding hydrogens is 136 g/mol. The Labute approximate surface area is 69.3 Å². The van der Waals surface area contributed by atoms with Gasteiger partial charge in [0.15, 0.2) is 0 Å². The van der Waals surface area contributed by atoms with E-state index < -0.39 is 0 Å². The molecule has 1 aliphatic carbocycles. The lowest BCUT2D eigenvalue weighted by molar-refractivity contribution is 0.200. The highest BCUT2D eigenvalue weighted by molar-refractivity contribution is 4.79. The van der Waals surface area contributed by atoms with E-state index in [1.807, 2.05) is 0 Å². The number of hydrogen-bond donors (Lipinski definition) is 2. The predicted molar refractivity (Wildman–Crippen MR) is 48.1 cm³/mol. The van der Waals surface area contributed by atoms with Crippen LogP contribution in [0.15, 0.2) is 0 Å². The van der Waals surface area contributed by atoms with Crippen molar-refractivity contribution in [1.82, 2.24) is 0 Å². The average Bonchev–Trinajstić information content (AvgIpc) is 2.04. The van der Waals surface area contributed by atoms with Crippen molar-refractivity contribution in [3.8, 4) is 0 Å². The van der Waals surface area contributed by atoms with Gasteiger partial charge in [-0.15, -0.1) is 0 Å². The summed E-state index contributed by atoms with van der Waals surface area (Å²) in [6.45, 7) is 3.97. The maximum Gasteiger partial charge on any atom is -0.00456 e. The average molecular weight is 156 g/mol. The molecule has 1 saturated carbocycles. The van der Waals surface area contributed by atoms with Gasteiger partial charge in [0.1, 0.15) is 0 Å². The molecule has 0 aromatic carbocycles. The van der Waals surface area contributed by atoms with Crippen molar-refractivity contribution < 1.29 is 0 Å². The molecule has 4 N–H and O–H groups in total. The Morgan fingerprint density at radius 2 is 1.73 bits per heavy atom. The Bertz CT molecular complexity index is 114. The van der Waals surface area contributed by atoms with E-state index in [1.54, 1.807) is 0 Å². The van der Waals surface area contributed by atoms with Crippen LogP contribution in [0.1, 0.15) is 26.2 Å². The maximum atomic E-state index is 5.68. The van der Waals surface area contributed by atoms with Crippen LogP contribution in [0.5, 0.6) is 0 Å². The van der Waals surface area contributed by atoms with Crippen LogP contribution in [-0.4, -0.2) is 13.1 Å². The largest absolute Gasteiger partial charge is 0.330 e. The van der Waals surface area contributed by atoms with Crippen molar-refractivity contribution in [3.05, 3.63) is 0 Å². The molecule has 11 heavy (non-hydrogen) atoms. The molecule has 0 amide bonds. The highest BCUT2D eigenvalue weighted by Crippen LogP contribution is 2.32. The van der Waals surface area contributed by atoms with Crippen molar-refractivity contribution in [2.45, 2.75) is 26.2 Å². The van der Waals surface area contributed by atoms with Gasteiger partial charge < -0.3 is 11.5 Å². The lowest BCUT2D eigenvalue weighted by atomic mass is 9.75. The third-order valence-electron chi connectivity index (χ3n) is 3.01. The number of rotatable bonds is 2. The molecule has 3 unspecified atom stereocenters. The lowest BCUT2D eigenvalue weighted by Gasteiger charge is -2.33. The van der Waals surface area contributed by atoms with E-state index >= 15 is 0 Å². The van der Waals surface area contributed by atoms with Gasteiger partial charge >= 0.3 is 0 Å². The molecule has 0 saturated heterocycles. The fourth-order valence-corrected chi connectivity index (χ4v) is 2.16. The monoisotopic (exact) mass is 156 g/mol. The Balaban J connectivity index is 2.41. The molecule has 1 fully saturated rings. The predicted octanol–water partition coefficient (Wildman–Crippen LogP) is 0.956. The van der Waals surface area contributed by atoms with Crippen molar-refractivity contribution >= 4 is 0 Å². The molecule has 1 rings (SSSR count). The van der Waals surface area contributed by atoms with Crippen molar-refractivity contribution in [1.29, 1.82) is 0 Å². The summed E-state index contributed by atoms with van der Waals surface area (Å²) < 4.78 is 0. The Kier molecular flexibility index (Phi) is 3.34. The van der Waals surface area contributed by atoms with E-state index in [4.69, 9.17) is 11.5 Å². The molecule has 0 aromatic rings. The van der Waals surface area contributed by atoms with E-state index in [1.165, 1.54) is 19.3 Å². The Morgan fingerprint density at radius 3 is 2.27 bits per heavy atom. The van der Waals surface area contributed by atoms with E-state index in [2.05, 4.69) is 6.92 Å². The zero-order valence-corrected chi connectivity index (χ0v) is 7.42. The Morgan fingerprint density at radius 1 is 1.09 bits per heavy atom. The molecule has 0 bridgehead atoms. The van der Waals surface area contributed by atoms with Crippen LogP contribution in [0.4, 0.5) is 0 Å². The third kappa shape index (κ3) is 2.17. The zero-order valence-electron chi connectivity index (χ0n) is 7.42. The van der Waals surface area contributed by atoms with E-state index in [-0.39, 0.29) is 0 Å². The fraction of sp³-hybridized carbons (Fsp3) is 1.00. The summed E-state index contributed by atoms with van der Waals surface area (Å²) in [6.07, 6.45) is 3.93. The minimum Gasteiger partial charge on any atom is -0.330 e. The third-order valence-corrected chi connectivity index (χ3v) is 3.01. The minimum absolute atomic E-state index is 0.698. The van der Waals surface area contributed by atoms with E-state index in [0.717, 1.165) is 19.0 Å². The second kappa shape index (κ2) is 4.07. The standard InChI is InChI=1S/C9H20N2/c1-7-2-3-8(5-10)9(4-7)6-11/h7-9H,2-6,10-11H2,1H3. The van der Waals surface area contributed by atoms with E-state index in [0.29, 0.717) is 11.8 Å². The summed E-state index contributed by atoms with van der Waals surface area (Å²) in [5.41, 5.74) is 11.3. The number of hydrogen-bond acceptors (Lipinski definition) is 2. The van der Waals surface area contributed by atoms with Crippen LogP contribution in [0.25, 0.3) is 0 Å². The van der Waals surface area contributed by atoms with Crippen molar-refractivity contribution in [2.75, 3.05) is 13.1 Å². The van der Waals surface area contributed by atoms with Gasteiger partial charge in [0.25, 0.3) is 0 Å². The molecule has 0 spiro atoms. The van der Waals surface area contributed by atoms with Gasteiger partial charge in [-0.05, 0) is 43.7 Å². The molecule has 0 aliphatic heterocycles. The van der Waals surface area contributed by atoms with Gasteiger partial charge in [-0.3, -0.25) is 0 Å². The highest BCUT2D eigenvalue weighted by atomic mass is 14.6. The van der Waals surface area contributed by atoms with Gasteiger partial charge in [-0.1, -0.05) is 13.3 Å². The SMILES string of the molecule is CC1CCC(CN)C(CN)C1. The zero-order chi connectivity index (χ0) is 8.27. The lowest BCUT2D eigenvalue weighted by Crippen LogP contribution is -2.34. The van der Waals surface area contributed by atoms with Gasteiger partial charge in [0.2, 0.25) is 0 Å². The Hall–Kier alpha value is -0.0800. The molecule has 1 aliphatic rings. The normalized spacial score (nSPS) is 39.0. The van der Waals surface area contributed by atoms with Crippen molar-refractivity contribution in [3.63, 3.8) is 0 Å². The van der Waals surface area contributed by atoms with Crippen LogP contribution in [0.3, 0.4) is 0 Å². The van der Waals surface area contributed by atoms with Crippen LogP contribution in [0, 0.1) is 17.8 Å². The molecule has 0 heterocycles. The molecule has 66 valence electrons. The second-order valence-electron chi connectivity index (χ2n) is 3.91. The summed E-state index contributed by atoms with van der Waals surface area (Å²) in [5.74, 6) is 2.27. The fourth-order valence-electron chi connectivity index (χ4n) is 2.16. The molecule has 2 nitrogen and oxygen atoms in total.